The predicted octanol–water partition coefficient (Wildman–Crippen LogP) is 5.71. The van der Waals surface area contributed by atoms with Crippen LogP contribution in [-0.4, -0.2) is 32.9 Å². The first-order valence-corrected chi connectivity index (χ1v) is 12.1. The number of methoxy groups -OCH3 is 1. The van der Waals surface area contributed by atoms with Crippen LogP contribution < -0.4 is 10.1 Å². The van der Waals surface area contributed by atoms with Gasteiger partial charge in [0.05, 0.1) is 7.11 Å². The molecular weight excluding hydrogens is 474 g/mol. The van der Waals surface area contributed by atoms with Crippen molar-refractivity contribution in [2.24, 2.45) is 0 Å². The van der Waals surface area contributed by atoms with Crippen molar-refractivity contribution >= 4 is 23.5 Å². The number of aromatic nitrogens is 4. The number of hydrogen-bond donors (Lipinski definition) is 1. The second-order valence-electron chi connectivity index (χ2n) is 7.93. The van der Waals surface area contributed by atoms with Crippen LogP contribution in [-0.2, 0) is 4.79 Å². The second-order valence-corrected chi connectivity index (χ2v) is 9.00. The number of nitrogens with one attached hydrogen (secondary N) is 1. The van der Waals surface area contributed by atoms with Gasteiger partial charge in [0.15, 0.2) is 16.8 Å². The molecule has 180 valence electrons. The zero-order chi connectivity index (χ0) is 24.9. The number of nitrogens with zero attached hydrogens (tertiary/aromatic N) is 4. The SMILES string of the molecule is COc1ccc(-c2nnc(SC(C(=O)Nc3cc(C)on3)c3ccccc3)n2-c2ccccc2)cc1. The van der Waals surface area contributed by atoms with E-state index in [0.29, 0.717) is 22.6 Å². The van der Waals surface area contributed by atoms with Crippen LogP contribution in [0.3, 0.4) is 0 Å². The summed E-state index contributed by atoms with van der Waals surface area (Å²) in [6.07, 6.45) is 0. The molecule has 0 bridgehead atoms. The van der Waals surface area contributed by atoms with Gasteiger partial charge in [-0.15, -0.1) is 10.2 Å². The van der Waals surface area contributed by atoms with Gasteiger partial charge < -0.3 is 14.6 Å². The first-order valence-electron chi connectivity index (χ1n) is 11.2. The normalized spacial score (nSPS) is 11.7. The van der Waals surface area contributed by atoms with Gasteiger partial charge in [-0.25, -0.2) is 0 Å². The molecule has 0 aliphatic carbocycles. The first kappa shape index (κ1) is 23.4. The standard InChI is InChI=1S/C27H23N5O3S/c1-18-17-23(31-35-18)28-26(33)24(19-9-5-3-6-10-19)36-27-30-29-25(20-13-15-22(34-2)16-14-20)32(27)21-11-7-4-8-12-21/h3-17,24H,1-2H3,(H,28,31,33). The van der Waals surface area contributed by atoms with E-state index in [9.17, 15) is 4.79 Å². The van der Waals surface area contributed by atoms with E-state index in [0.717, 1.165) is 22.6 Å². The second kappa shape index (κ2) is 10.5. The number of ether oxygens (including phenoxy) is 1. The molecule has 2 heterocycles. The zero-order valence-electron chi connectivity index (χ0n) is 19.7. The average Bonchev–Trinajstić information content (AvgIpc) is 3.53. The third-order valence-corrected chi connectivity index (χ3v) is 6.64. The number of amides is 1. The summed E-state index contributed by atoms with van der Waals surface area (Å²) >= 11 is 1.31. The number of carbonyl (C=O) groups is 1. The van der Waals surface area contributed by atoms with E-state index in [2.05, 4.69) is 20.7 Å². The Hall–Kier alpha value is -4.37. The molecule has 1 unspecified atom stereocenters. The average molecular weight is 498 g/mol. The Morgan fingerprint density at radius 1 is 0.972 bits per heavy atom. The van der Waals surface area contributed by atoms with Gasteiger partial charge in [0, 0.05) is 17.3 Å². The number of carbonyl (C=O) groups excluding carboxylic acids is 1. The molecule has 0 saturated heterocycles. The van der Waals surface area contributed by atoms with Crippen molar-refractivity contribution in [1.82, 2.24) is 19.9 Å². The van der Waals surface area contributed by atoms with Crippen LogP contribution in [0, 0.1) is 6.92 Å². The molecule has 1 atom stereocenters. The summed E-state index contributed by atoms with van der Waals surface area (Å²) in [5.74, 6) is 2.14. The molecule has 1 amide bonds. The van der Waals surface area contributed by atoms with Gasteiger partial charge in [-0.05, 0) is 48.9 Å². The highest BCUT2D eigenvalue weighted by Gasteiger charge is 2.27. The van der Waals surface area contributed by atoms with Crippen molar-refractivity contribution in [2.45, 2.75) is 17.3 Å². The topological polar surface area (TPSA) is 95.1 Å². The van der Waals surface area contributed by atoms with Crippen molar-refractivity contribution in [1.29, 1.82) is 0 Å². The number of thioether (sulfide) groups is 1. The van der Waals surface area contributed by atoms with E-state index < -0.39 is 5.25 Å². The third-order valence-electron chi connectivity index (χ3n) is 5.44. The van der Waals surface area contributed by atoms with E-state index in [-0.39, 0.29) is 5.91 Å². The summed E-state index contributed by atoms with van der Waals surface area (Å²) in [5, 5.41) is 15.7. The Bertz CT molecular complexity index is 1450. The van der Waals surface area contributed by atoms with Gasteiger partial charge in [-0.1, -0.05) is 65.4 Å². The molecule has 8 nitrogen and oxygen atoms in total. The van der Waals surface area contributed by atoms with E-state index in [4.69, 9.17) is 9.26 Å². The summed E-state index contributed by atoms with van der Waals surface area (Å²) in [7, 11) is 1.63. The molecule has 5 aromatic rings. The number of hydrogen-bond acceptors (Lipinski definition) is 7. The summed E-state index contributed by atoms with van der Waals surface area (Å²) in [4.78, 5) is 13.4. The minimum atomic E-state index is -0.612. The monoisotopic (exact) mass is 497 g/mol. The number of aryl methyl sites for hydroxylation is 1. The fourth-order valence-corrected chi connectivity index (χ4v) is 4.76. The van der Waals surface area contributed by atoms with Gasteiger partial charge in [0.25, 0.3) is 0 Å². The molecule has 9 heteroatoms. The third kappa shape index (κ3) is 5.01. The minimum absolute atomic E-state index is 0.242. The van der Waals surface area contributed by atoms with Gasteiger partial charge in [-0.2, -0.15) is 0 Å². The fourth-order valence-electron chi connectivity index (χ4n) is 3.71. The van der Waals surface area contributed by atoms with Crippen molar-refractivity contribution in [3.05, 3.63) is 102 Å². The molecule has 2 aromatic heterocycles. The van der Waals surface area contributed by atoms with E-state index >= 15 is 0 Å². The molecule has 0 aliphatic rings. The van der Waals surface area contributed by atoms with Crippen molar-refractivity contribution in [3.63, 3.8) is 0 Å². The van der Waals surface area contributed by atoms with Crippen LogP contribution in [0.15, 0.2) is 101 Å². The summed E-state index contributed by atoms with van der Waals surface area (Å²) in [6, 6.07) is 28.7. The Kier molecular flexibility index (Phi) is 6.81. The maximum Gasteiger partial charge on any atom is 0.243 e. The highest BCUT2D eigenvalue weighted by Crippen LogP contribution is 2.38. The molecule has 0 radical (unpaired) electrons. The predicted molar refractivity (Wildman–Crippen MR) is 138 cm³/mol. The van der Waals surface area contributed by atoms with Crippen LogP contribution in [0.2, 0.25) is 0 Å². The Balaban J connectivity index is 1.55. The van der Waals surface area contributed by atoms with Crippen LogP contribution in [0.5, 0.6) is 5.75 Å². The summed E-state index contributed by atoms with van der Waals surface area (Å²) < 4.78 is 12.4. The van der Waals surface area contributed by atoms with Gasteiger partial charge >= 0.3 is 0 Å². The highest BCUT2D eigenvalue weighted by atomic mass is 32.2. The molecule has 0 aliphatic heterocycles. The molecule has 0 spiro atoms. The first-order chi connectivity index (χ1) is 17.6. The number of benzene rings is 3. The smallest absolute Gasteiger partial charge is 0.243 e. The number of para-hydroxylation sites is 1. The lowest BCUT2D eigenvalue weighted by Crippen LogP contribution is -2.19. The van der Waals surface area contributed by atoms with Crippen molar-refractivity contribution < 1.29 is 14.1 Å². The Labute approximate surface area is 212 Å². The fraction of sp³-hybridized carbons (Fsp3) is 0.111. The van der Waals surface area contributed by atoms with E-state index in [1.807, 2.05) is 89.5 Å². The van der Waals surface area contributed by atoms with E-state index in [1.54, 1.807) is 20.1 Å². The van der Waals surface area contributed by atoms with Crippen molar-refractivity contribution in [3.8, 4) is 22.8 Å². The molecule has 0 fully saturated rings. The Morgan fingerprint density at radius 3 is 2.31 bits per heavy atom. The molecule has 0 saturated carbocycles. The zero-order valence-corrected chi connectivity index (χ0v) is 20.5. The van der Waals surface area contributed by atoms with Gasteiger partial charge in [-0.3, -0.25) is 9.36 Å². The molecule has 36 heavy (non-hydrogen) atoms. The van der Waals surface area contributed by atoms with Crippen LogP contribution in [0.1, 0.15) is 16.6 Å². The van der Waals surface area contributed by atoms with Crippen LogP contribution >= 0.6 is 11.8 Å². The Morgan fingerprint density at radius 2 is 1.67 bits per heavy atom. The highest BCUT2D eigenvalue weighted by molar-refractivity contribution is 8.00. The molecule has 1 N–H and O–H groups in total. The lowest BCUT2D eigenvalue weighted by molar-refractivity contribution is -0.115. The maximum absolute atomic E-state index is 13.4. The largest absolute Gasteiger partial charge is 0.497 e. The maximum atomic E-state index is 13.4. The lowest BCUT2D eigenvalue weighted by Gasteiger charge is -2.17. The summed E-state index contributed by atoms with van der Waals surface area (Å²) in [6.45, 7) is 1.77. The number of rotatable bonds is 8. The van der Waals surface area contributed by atoms with E-state index in [1.165, 1.54) is 11.8 Å². The van der Waals surface area contributed by atoms with Crippen LogP contribution in [0.4, 0.5) is 5.82 Å². The minimum Gasteiger partial charge on any atom is -0.497 e. The van der Waals surface area contributed by atoms with Crippen LogP contribution in [0.25, 0.3) is 17.1 Å². The van der Waals surface area contributed by atoms with Crippen molar-refractivity contribution in [2.75, 3.05) is 12.4 Å². The quantitative estimate of drug-likeness (QED) is 0.274. The van der Waals surface area contributed by atoms with Gasteiger partial charge in [0.1, 0.15) is 16.8 Å². The molecular formula is C27H23N5O3S. The molecule has 3 aromatic carbocycles. The number of anilines is 1. The van der Waals surface area contributed by atoms with Gasteiger partial charge in [0.2, 0.25) is 5.91 Å². The molecule has 5 rings (SSSR count). The lowest BCUT2D eigenvalue weighted by atomic mass is 10.1. The summed E-state index contributed by atoms with van der Waals surface area (Å²) in [5.41, 5.74) is 2.58.